The molecule has 92 valence electrons. The second-order valence-corrected chi connectivity index (χ2v) is 3.49. The number of nitrogens with two attached hydrogens (primary N) is 1. The normalized spacial score (nSPS) is 10.7. The van der Waals surface area contributed by atoms with E-state index in [9.17, 15) is 5.11 Å². The van der Waals surface area contributed by atoms with Crippen LogP contribution in [0, 0.1) is 6.92 Å². The fourth-order valence-corrected chi connectivity index (χ4v) is 1.31. The third-order valence-electron chi connectivity index (χ3n) is 2.07. The lowest BCUT2D eigenvalue weighted by Gasteiger charge is -2.01. The molecule has 0 spiro atoms. The van der Waals surface area contributed by atoms with Crippen molar-refractivity contribution in [2.24, 2.45) is 5.10 Å². The molecule has 0 saturated carbocycles. The summed E-state index contributed by atoms with van der Waals surface area (Å²) in [4.78, 5) is 11.7. The molecule has 0 aliphatic carbocycles. The molecular formula is C11H12N6O. The van der Waals surface area contributed by atoms with E-state index in [0.29, 0.717) is 11.4 Å². The predicted molar refractivity (Wildman–Crippen MR) is 68.3 cm³/mol. The van der Waals surface area contributed by atoms with E-state index in [1.54, 1.807) is 31.2 Å². The molecule has 1 aromatic heterocycles. The van der Waals surface area contributed by atoms with Crippen molar-refractivity contribution < 1.29 is 5.11 Å². The smallest absolute Gasteiger partial charge is 0.248 e. The highest BCUT2D eigenvalue weighted by Gasteiger charge is 1.99. The number of aromatic nitrogens is 3. The van der Waals surface area contributed by atoms with Crippen LogP contribution in [0.1, 0.15) is 11.4 Å². The van der Waals surface area contributed by atoms with E-state index in [1.807, 2.05) is 0 Å². The van der Waals surface area contributed by atoms with E-state index >= 15 is 0 Å². The molecule has 7 heteroatoms. The Morgan fingerprint density at radius 1 is 1.28 bits per heavy atom. The van der Waals surface area contributed by atoms with Gasteiger partial charge in [-0.25, -0.2) is 5.43 Å². The molecule has 2 rings (SSSR count). The Morgan fingerprint density at radius 3 is 2.78 bits per heavy atom. The molecule has 18 heavy (non-hydrogen) atoms. The van der Waals surface area contributed by atoms with Gasteiger partial charge >= 0.3 is 0 Å². The van der Waals surface area contributed by atoms with Crippen LogP contribution in [0.2, 0.25) is 0 Å². The summed E-state index contributed by atoms with van der Waals surface area (Å²) >= 11 is 0. The van der Waals surface area contributed by atoms with Gasteiger partial charge in [0.05, 0.1) is 6.21 Å². The number of hydrazone groups is 1. The maximum atomic E-state index is 9.52. The lowest BCUT2D eigenvalue weighted by molar-refractivity contribution is 0.474. The molecule has 0 amide bonds. The summed E-state index contributed by atoms with van der Waals surface area (Å²) < 4.78 is 0. The minimum absolute atomic E-state index is 0.128. The monoisotopic (exact) mass is 244 g/mol. The number of nitrogen functional groups attached to an aromatic ring is 1. The van der Waals surface area contributed by atoms with E-state index in [-0.39, 0.29) is 17.6 Å². The van der Waals surface area contributed by atoms with Crippen molar-refractivity contribution in [2.75, 3.05) is 11.2 Å². The van der Waals surface area contributed by atoms with Gasteiger partial charge in [-0.2, -0.15) is 20.1 Å². The van der Waals surface area contributed by atoms with Crippen LogP contribution in [-0.2, 0) is 0 Å². The van der Waals surface area contributed by atoms with Crippen LogP contribution < -0.4 is 11.2 Å². The number of aromatic hydroxyl groups is 1. The van der Waals surface area contributed by atoms with E-state index in [0.717, 1.165) is 0 Å². The fourth-order valence-electron chi connectivity index (χ4n) is 1.31. The molecule has 0 saturated heterocycles. The molecule has 0 unspecified atom stereocenters. The van der Waals surface area contributed by atoms with Gasteiger partial charge in [0.25, 0.3) is 0 Å². The lowest BCUT2D eigenvalue weighted by atomic mass is 10.2. The third kappa shape index (κ3) is 2.91. The second kappa shape index (κ2) is 5.09. The van der Waals surface area contributed by atoms with Crippen molar-refractivity contribution in [2.45, 2.75) is 6.92 Å². The number of hydrogen-bond donors (Lipinski definition) is 3. The minimum Gasteiger partial charge on any atom is -0.507 e. The van der Waals surface area contributed by atoms with Gasteiger partial charge < -0.3 is 10.8 Å². The first-order chi connectivity index (χ1) is 8.65. The molecule has 0 atom stereocenters. The Labute approximate surface area is 103 Å². The van der Waals surface area contributed by atoms with Crippen LogP contribution in [0.4, 0.5) is 11.9 Å². The lowest BCUT2D eigenvalue weighted by Crippen LogP contribution is -2.04. The molecule has 4 N–H and O–H groups in total. The second-order valence-electron chi connectivity index (χ2n) is 3.49. The van der Waals surface area contributed by atoms with Gasteiger partial charge in [-0.05, 0) is 19.1 Å². The van der Waals surface area contributed by atoms with Crippen LogP contribution in [0.15, 0.2) is 29.4 Å². The van der Waals surface area contributed by atoms with Crippen LogP contribution in [-0.4, -0.2) is 26.3 Å². The summed E-state index contributed by atoms with van der Waals surface area (Å²) in [6, 6.07) is 6.84. The topological polar surface area (TPSA) is 109 Å². The highest BCUT2D eigenvalue weighted by Crippen LogP contribution is 2.12. The van der Waals surface area contributed by atoms with Gasteiger partial charge in [-0.15, -0.1) is 0 Å². The molecule has 1 aromatic carbocycles. The Morgan fingerprint density at radius 2 is 2.06 bits per heavy atom. The average Bonchev–Trinajstić information content (AvgIpc) is 2.30. The molecule has 2 aromatic rings. The first-order valence-corrected chi connectivity index (χ1v) is 5.20. The number of nitrogens with zero attached hydrogens (tertiary/aromatic N) is 4. The molecule has 0 radical (unpaired) electrons. The number of benzene rings is 1. The molecular weight excluding hydrogens is 232 g/mol. The first kappa shape index (κ1) is 11.8. The number of rotatable bonds is 3. The third-order valence-corrected chi connectivity index (χ3v) is 2.07. The molecule has 0 aliphatic heterocycles. The fraction of sp³-hybridized carbons (Fsp3) is 0.0909. The molecule has 0 fully saturated rings. The Kier molecular flexibility index (Phi) is 3.33. The zero-order chi connectivity index (χ0) is 13.0. The SMILES string of the molecule is Cc1nc(N)nc(NN=Cc2ccccc2O)n1. The van der Waals surface area contributed by atoms with Crippen molar-refractivity contribution in [3.8, 4) is 5.75 Å². The van der Waals surface area contributed by atoms with Crippen LogP contribution in [0.5, 0.6) is 5.75 Å². The van der Waals surface area contributed by atoms with Crippen molar-refractivity contribution in [1.29, 1.82) is 0 Å². The standard InChI is InChI=1S/C11H12N6O/c1-7-14-10(12)16-11(15-7)17-13-6-8-4-2-3-5-9(8)18/h2-6,18H,1H3,(H3,12,14,15,16,17). The van der Waals surface area contributed by atoms with Crippen molar-refractivity contribution in [3.05, 3.63) is 35.7 Å². The van der Waals surface area contributed by atoms with Gasteiger partial charge in [-0.3, -0.25) is 0 Å². The number of aryl methyl sites for hydroxylation is 1. The van der Waals surface area contributed by atoms with Crippen LogP contribution >= 0.6 is 0 Å². The zero-order valence-corrected chi connectivity index (χ0v) is 9.70. The molecule has 0 aliphatic rings. The summed E-state index contributed by atoms with van der Waals surface area (Å²) in [5.74, 6) is 1.03. The van der Waals surface area contributed by atoms with Gasteiger partial charge in [0.1, 0.15) is 11.6 Å². The maximum Gasteiger partial charge on any atom is 0.248 e. The highest BCUT2D eigenvalue weighted by molar-refractivity contribution is 5.83. The van der Waals surface area contributed by atoms with E-state index < -0.39 is 0 Å². The van der Waals surface area contributed by atoms with Crippen molar-refractivity contribution >= 4 is 18.1 Å². The number of phenols is 1. The van der Waals surface area contributed by atoms with E-state index in [4.69, 9.17) is 5.73 Å². The number of nitrogens with one attached hydrogen (secondary N) is 1. The Bertz CT molecular complexity index is 563. The molecule has 1 heterocycles. The zero-order valence-electron chi connectivity index (χ0n) is 9.70. The Hall–Kier alpha value is -2.70. The number of phenolic OH excluding ortho intramolecular Hbond substituents is 1. The summed E-state index contributed by atoms with van der Waals surface area (Å²) in [6.45, 7) is 1.70. The highest BCUT2D eigenvalue weighted by atomic mass is 16.3. The summed E-state index contributed by atoms with van der Waals surface area (Å²) in [6.07, 6.45) is 1.46. The van der Waals surface area contributed by atoms with Gasteiger partial charge in [0.2, 0.25) is 11.9 Å². The van der Waals surface area contributed by atoms with Gasteiger partial charge in [-0.1, -0.05) is 12.1 Å². The quantitative estimate of drug-likeness (QED) is 0.547. The van der Waals surface area contributed by atoms with Crippen molar-refractivity contribution in [1.82, 2.24) is 15.0 Å². The Balaban J connectivity index is 2.10. The largest absolute Gasteiger partial charge is 0.507 e. The number of para-hydroxylation sites is 1. The number of hydrogen-bond acceptors (Lipinski definition) is 7. The minimum atomic E-state index is 0.128. The summed E-state index contributed by atoms with van der Waals surface area (Å²) in [5.41, 5.74) is 8.68. The number of anilines is 2. The van der Waals surface area contributed by atoms with Gasteiger partial charge in [0.15, 0.2) is 0 Å². The molecule has 7 nitrogen and oxygen atoms in total. The summed E-state index contributed by atoms with van der Waals surface area (Å²) in [7, 11) is 0. The van der Waals surface area contributed by atoms with Gasteiger partial charge in [0, 0.05) is 5.56 Å². The van der Waals surface area contributed by atoms with E-state index in [2.05, 4.69) is 25.5 Å². The molecule has 0 bridgehead atoms. The average molecular weight is 244 g/mol. The van der Waals surface area contributed by atoms with Crippen molar-refractivity contribution in [3.63, 3.8) is 0 Å². The van der Waals surface area contributed by atoms with E-state index in [1.165, 1.54) is 6.21 Å². The first-order valence-electron chi connectivity index (χ1n) is 5.20. The van der Waals surface area contributed by atoms with Crippen LogP contribution in [0.3, 0.4) is 0 Å². The predicted octanol–water partition coefficient (Wildman–Crippen LogP) is 0.914. The maximum absolute atomic E-state index is 9.52. The summed E-state index contributed by atoms with van der Waals surface area (Å²) in [5, 5.41) is 13.4. The van der Waals surface area contributed by atoms with Crippen LogP contribution in [0.25, 0.3) is 0 Å².